The summed E-state index contributed by atoms with van der Waals surface area (Å²) in [6.45, 7) is 3.60. The first kappa shape index (κ1) is 15.3. The summed E-state index contributed by atoms with van der Waals surface area (Å²) in [6, 6.07) is -0.459. The number of nitrogens with zero attached hydrogens (tertiary/aromatic N) is 1. The van der Waals surface area contributed by atoms with Crippen molar-refractivity contribution in [1.82, 2.24) is 4.90 Å². The minimum atomic E-state index is -3.13. The van der Waals surface area contributed by atoms with Gasteiger partial charge in [0.1, 0.15) is 0 Å². The Morgan fingerprint density at radius 2 is 2.05 bits per heavy atom. The molecule has 1 N–H and O–H groups in total. The molecule has 2 heterocycles. The minimum absolute atomic E-state index is 0.135. The van der Waals surface area contributed by atoms with Crippen molar-refractivity contribution in [3.8, 4) is 0 Å². The Morgan fingerprint density at radius 1 is 1.40 bits per heavy atom. The number of sulfone groups is 1. The zero-order chi connectivity index (χ0) is 15.1. The second kappa shape index (κ2) is 5.35. The predicted molar refractivity (Wildman–Crippen MR) is 72.9 cm³/mol. The molecule has 1 amide bonds. The van der Waals surface area contributed by atoms with Gasteiger partial charge >= 0.3 is 5.97 Å². The second-order valence-electron chi connectivity index (χ2n) is 5.96. The Morgan fingerprint density at radius 3 is 2.55 bits per heavy atom. The lowest BCUT2D eigenvalue weighted by Crippen LogP contribution is -2.55. The fourth-order valence-electron chi connectivity index (χ4n) is 3.42. The Kier molecular flexibility index (Phi) is 4.09. The van der Waals surface area contributed by atoms with Crippen molar-refractivity contribution in [2.24, 2.45) is 11.8 Å². The zero-order valence-electron chi connectivity index (χ0n) is 11.8. The van der Waals surface area contributed by atoms with Crippen molar-refractivity contribution >= 4 is 21.7 Å². The van der Waals surface area contributed by atoms with Crippen LogP contribution in [-0.4, -0.2) is 53.9 Å². The third-order valence-corrected chi connectivity index (χ3v) is 6.85. The predicted octanol–water partition coefficient (Wildman–Crippen LogP) is 0.521. The van der Waals surface area contributed by atoms with E-state index < -0.39 is 33.0 Å². The molecule has 0 aliphatic carbocycles. The molecular weight excluding hydrogens is 282 g/mol. The van der Waals surface area contributed by atoms with Crippen LogP contribution in [0.4, 0.5) is 0 Å². The van der Waals surface area contributed by atoms with E-state index in [9.17, 15) is 23.1 Å². The van der Waals surface area contributed by atoms with Crippen LogP contribution in [-0.2, 0) is 19.4 Å². The SMILES string of the molecule is CC1CC(=O)N(CC2CCCS2(=O)=O)C(C)C1C(=O)O. The van der Waals surface area contributed by atoms with E-state index in [0.29, 0.717) is 12.8 Å². The van der Waals surface area contributed by atoms with Crippen LogP contribution in [0.25, 0.3) is 0 Å². The van der Waals surface area contributed by atoms with Crippen LogP contribution in [0.5, 0.6) is 0 Å². The molecule has 4 atom stereocenters. The normalized spacial score (nSPS) is 37.1. The number of amides is 1. The number of piperidine rings is 1. The maximum absolute atomic E-state index is 12.1. The van der Waals surface area contributed by atoms with Crippen LogP contribution in [0, 0.1) is 11.8 Å². The largest absolute Gasteiger partial charge is 0.481 e. The molecule has 2 aliphatic rings. The van der Waals surface area contributed by atoms with Crippen LogP contribution in [0.2, 0.25) is 0 Å². The van der Waals surface area contributed by atoms with Gasteiger partial charge in [-0.2, -0.15) is 0 Å². The first-order chi connectivity index (χ1) is 9.24. The van der Waals surface area contributed by atoms with E-state index in [1.807, 2.05) is 0 Å². The van der Waals surface area contributed by atoms with Gasteiger partial charge in [-0.25, -0.2) is 8.42 Å². The standard InChI is InChI=1S/C13H21NO5S/c1-8-6-11(15)14(9(2)12(8)13(16)17)7-10-4-3-5-20(10,18)19/h8-10,12H,3-7H2,1-2H3,(H,16,17). The lowest BCUT2D eigenvalue weighted by atomic mass is 9.81. The molecule has 7 heteroatoms. The zero-order valence-corrected chi connectivity index (χ0v) is 12.6. The highest BCUT2D eigenvalue weighted by molar-refractivity contribution is 7.92. The van der Waals surface area contributed by atoms with Gasteiger partial charge in [0.2, 0.25) is 5.91 Å². The number of hydrogen-bond acceptors (Lipinski definition) is 4. The summed E-state index contributed by atoms with van der Waals surface area (Å²) >= 11 is 0. The number of likely N-dealkylation sites (tertiary alicyclic amines) is 1. The highest BCUT2D eigenvalue weighted by Gasteiger charge is 2.44. The van der Waals surface area contributed by atoms with Crippen LogP contribution < -0.4 is 0 Å². The maximum Gasteiger partial charge on any atom is 0.308 e. The van der Waals surface area contributed by atoms with E-state index >= 15 is 0 Å². The van der Waals surface area contributed by atoms with Gasteiger partial charge in [-0.15, -0.1) is 0 Å². The lowest BCUT2D eigenvalue weighted by molar-refractivity contribution is -0.154. The Labute approximate surface area is 119 Å². The molecule has 0 aromatic rings. The molecule has 2 saturated heterocycles. The van der Waals surface area contributed by atoms with Gasteiger partial charge in [-0.1, -0.05) is 6.92 Å². The van der Waals surface area contributed by atoms with Crippen LogP contribution >= 0.6 is 0 Å². The van der Waals surface area contributed by atoms with E-state index in [2.05, 4.69) is 0 Å². The highest BCUT2D eigenvalue weighted by Crippen LogP contribution is 2.32. The molecule has 2 fully saturated rings. The van der Waals surface area contributed by atoms with E-state index in [-0.39, 0.29) is 30.5 Å². The second-order valence-corrected chi connectivity index (χ2v) is 8.36. The number of carboxylic acid groups (broad SMARTS) is 1. The van der Waals surface area contributed by atoms with Gasteiger partial charge in [0.25, 0.3) is 0 Å². The Balaban J connectivity index is 2.17. The molecule has 2 aliphatic heterocycles. The summed E-state index contributed by atoms with van der Waals surface area (Å²) in [5.74, 6) is -1.73. The smallest absolute Gasteiger partial charge is 0.308 e. The van der Waals surface area contributed by atoms with Gasteiger partial charge in [0.05, 0.1) is 16.9 Å². The average Bonchev–Trinajstić information content (AvgIpc) is 2.62. The quantitative estimate of drug-likeness (QED) is 0.820. The molecule has 0 aromatic carbocycles. The van der Waals surface area contributed by atoms with Gasteiger partial charge in [0, 0.05) is 19.0 Å². The fourth-order valence-corrected chi connectivity index (χ4v) is 5.23. The van der Waals surface area contributed by atoms with Gasteiger partial charge in [-0.3, -0.25) is 9.59 Å². The summed E-state index contributed by atoms with van der Waals surface area (Å²) in [6.07, 6.45) is 1.36. The number of carbonyl (C=O) groups excluding carboxylic acids is 1. The first-order valence-electron chi connectivity index (χ1n) is 6.98. The number of aliphatic carboxylic acids is 1. The van der Waals surface area contributed by atoms with E-state index in [4.69, 9.17) is 0 Å². The Hall–Kier alpha value is -1.11. The number of hydrogen-bond donors (Lipinski definition) is 1. The summed E-state index contributed by atoms with van der Waals surface area (Å²) in [5, 5.41) is 8.76. The Bertz CT molecular complexity index is 515. The maximum atomic E-state index is 12.1. The van der Waals surface area contributed by atoms with E-state index in [1.165, 1.54) is 4.90 Å². The number of rotatable bonds is 3. The third-order valence-electron chi connectivity index (χ3n) is 4.59. The highest BCUT2D eigenvalue weighted by atomic mass is 32.2. The average molecular weight is 303 g/mol. The molecule has 0 radical (unpaired) electrons. The van der Waals surface area contributed by atoms with Crippen molar-refractivity contribution in [3.05, 3.63) is 0 Å². The summed E-state index contributed by atoms with van der Waals surface area (Å²) < 4.78 is 23.7. The molecule has 114 valence electrons. The van der Waals surface area contributed by atoms with Gasteiger partial charge < -0.3 is 10.0 Å². The van der Waals surface area contributed by atoms with Gasteiger partial charge in [-0.05, 0) is 25.7 Å². The van der Waals surface area contributed by atoms with Crippen molar-refractivity contribution < 1.29 is 23.1 Å². The van der Waals surface area contributed by atoms with E-state index in [1.54, 1.807) is 13.8 Å². The molecule has 2 rings (SSSR count). The fraction of sp³-hybridized carbons (Fsp3) is 0.846. The molecule has 0 aromatic heterocycles. The topological polar surface area (TPSA) is 91.8 Å². The van der Waals surface area contributed by atoms with Crippen molar-refractivity contribution in [2.45, 2.75) is 44.4 Å². The molecule has 6 nitrogen and oxygen atoms in total. The summed E-state index contributed by atoms with van der Waals surface area (Å²) in [7, 11) is -3.13. The minimum Gasteiger partial charge on any atom is -0.481 e. The first-order valence-corrected chi connectivity index (χ1v) is 8.69. The van der Waals surface area contributed by atoms with Crippen LogP contribution in [0.3, 0.4) is 0 Å². The third kappa shape index (κ3) is 2.68. The van der Waals surface area contributed by atoms with Crippen molar-refractivity contribution in [2.75, 3.05) is 12.3 Å². The van der Waals surface area contributed by atoms with Crippen molar-refractivity contribution in [1.29, 1.82) is 0 Å². The molecule has 0 bridgehead atoms. The summed E-state index contributed by atoms with van der Waals surface area (Å²) in [5.41, 5.74) is 0. The summed E-state index contributed by atoms with van der Waals surface area (Å²) in [4.78, 5) is 24.9. The van der Waals surface area contributed by atoms with Crippen molar-refractivity contribution in [3.63, 3.8) is 0 Å². The number of carboxylic acids is 1. The number of carbonyl (C=O) groups is 2. The molecule has 4 unspecified atom stereocenters. The molecule has 20 heavy (non-hydrogen) atoms. The molecule has 0 spiro atoms. The molecular formula is C13H21NO5S. The van der Waals surface area contributed by atoms with Crippen LogP contribution in [0.15, 0.2) is 0 Å². The van der Waals surface area contributed by atoms with E-state index in [0.717, 1.165) is 0 Å². The monoisotopic (exact) mass is 303 g/mol. The van der Waals surface area contributed by atoms with Crippen LogP contribution in [0.1, 0.15) is 33.1 Å². The van der Waals surface area contributed by atoms with Gasteiger partial charge in [0.15, 0.2) is 9.84 Å². The lowest BCUT2D eigenvalue weighted by Gasteiger charge is -2.41. The molecule has 0 saturated carbocycles.